The van der Waals surface area contributed by atoms with Gasteiger partial charge in [-0.2, -0.15) is 0 Å². The number of aryl methyl sites for hydroxylation is 1. The van der Waals surface area contributed by atoms with Crippen LogP contribution in [0.4, 0.5) is 4.79 Å². The van der Waals surface area contributed by atoms with E-state index in [0.717, 1.165) is 11.1 Å². The molecule has 1 aliphatic rings. The zero-order valence-corrected chi connectivity index (χ0v) is 16.8. The number of urea groups is 1. The number of imide groups is 1. The second kappa shape index (κ2) is 7.84. The second-order valence-electron chi connectivity index (χ2n) is 6.09. The first-order chi connectivity index (χ1) is 12.9. The van der Waals surface area contributed by atoms with Crippen molar-refractivity contribution in [3.05, 3.63) is 63.3 Å². The number of hydrogen-bond donors (Lipinski definition) is 1. The van der Waals surface area contributed by atoms with Crippen LogP contribution in [0.25, 0.3) is 6.08 Å². The summed E-state index contributed by atoms with van der Waals surface area (Å²) in [6, 6.07) is 10.7. The number of nitrogens with one attached hydrogen (secondary N) is 1. The number of methoxy groups -OCH3 is 2. The van der Waals surface area contributed by atoms with Crippen LogP contribution in [0, 0.1) is 6.92 Å². The highest BCUT2D eigenvalue weighted by molar-refractivity contribution is 9.10. The Bertz CT molecular complexity index is 922. The maximum atomic E-state index is 12.7. The van der Waals surface area contributed by atoms with E-state index < -0.39 is 6.03 Å². The Morgan fingerprint density at radius 3 is 2.37 bits per heavy atom. The van der Waals surface area contributed by atoms with E-state index in [4.69, 9.17) is 9.47 Å². The second-order valence-corrected chi connectivity index (χ2v) is 6.95. The molecule has 3 amide bonds. The van der Waals surface area contributed by atoms with E-state index in [1.54, 1.807) is 25.3 Å². The average molecular weight is 431 g/mol. The van der Waals surface area contributed by atoms with Crippen molar-refractivity contribution >= 4 is 33.9 Å². The minimum atomic E-state index is -0.446. The lowest BCUT2D eigenvalue weighted by Gasteiger charge is -2.12. The lowest BCUT2D eigenvalue weighted by molar-refractivity contribution is -0.123. The monoisotopic (exact) mass is 430 g/mol. The lowest BCUT2D eigenvalue weighted by Crippen LogP contribution is -2.30. The van der Waals surface area contributed by atoms with Crippen molar-refractivity contribution < 1.29 is 19.1 Å². The van der Waals surface area contributed by atoms with Crippen LogP contribution in [-0.2, 0) is 11.3 Å². The molecule has 0 aromatic heterocycles. The van der Waals surface area contributed by atoms with Crippen molar-refractivity contribution in [2.75, 3.05) is 14.2 Å². The largest absolute Gasteiger partial charge is 0.496 e. The zero-order valence-electron chi connectivity index (χ0n) is 15.2. The minimum Gasteiger partial charge on any atom is -0.496 e. The van der Waals surface area contributed by atoms with Crippen molar-refractivity contribution in [1.29, 1.82) is 0 Å². The molecule has 2 aromatic rings. The summed E-state index contributed by atoms with van der Waals surface area (Å²) >= 11 is 3.42. The molecule has 0 saturated carbocycles. The lowest BCUT2D eigenvalue weighted by atomic mass is 10.1. The van der Waals surface area contributed by atoms with Gasteiger partial charge in [-0.1, -0.05) is 29.8 Å². The number of carbonyl (C=O) groups is 2. The van der Waals surface area contributed by atoms with Gasteiger partial charge < -0.3 is 14.8 Å². The predicted molar refractivity (Wildman–Crippen MR) is 105 cm³/mol. The fourth-order valence-electron chi connectivity index (χ4n) is 2.74. The van der Waals surface area contributed by atoms with Gasteiger partial charge in [0.25, 0.3) is 5.91 Å². The molecule has 3 rings (SSSR count). The van der Waals surface area contributed by atoms with Crippen molar-refractivity contribution in [2.24, 2.45) is 0 Å². The predicted octanol–water partition coefficient (Wildman–Crippen LogP) is 3.87. The molecule has 7 heteroatoms. The fraction of sp³-hybridized carbons (Fsp3) is 0.200. The van der Waals surface area contributed by atoms with Crippen molar-refractivity contribution in [2.45, 2.75) is 13.5 Å². The first kappa shape index (κ1) is 19.0. The van der Waals surface area contributed by atoms with Crippen molar-refractivity contribution in [3.8, 4) is 11.5 Å². The number of carbonyl (C=O) groups excluding carboxylic acids is 2. The van der Waals surface area contributed by atoms with Gasteiger partial charge in [-0.05, 0) is 40.6 Å². The molecule has 0 atom stereocenters. The van der Waals surface area contributed by atoms with Crippen LogP contribution in [0.1, 0.15) is 16.7 Å². The summed E-state index contributed by atoms with van der Waals surface area (Å²) in [4.78, 5) is 26.1. The Balaban J connectivity index is 1.88. The van der Waals surface area contributed by atoms with E-state index in [-0.39, 0.29) is 18.1 Å². The highest BCUT2D eigenvalue weighted by atomic mass is 79.9. The SMILES string of the molecule is COc1cc(OC)c(/C=C2/NC(=O)N(Cc3ccc(C)cc3)C2=O)cc1Br. The molecular formula is C20H19BrN2O4. The van der Waals surface area contributed by atoms with Crippen molar-refractivity contribution in [3.63, 3.8) is 0 Å². The molecule has 1 heterocycles. The first-order valence-electron chi connectivity index (χ1n) is 8.24. The van der Waals surface area contributed by atoms with Gasteiger partial charge in [-0.25, -0.2) is 4.79 Å². The Labute approximate surface area is 165 Å². The van der Waals surface area contributed by atoms with Gasteiger partial charge in [0.1, 0.15) is 17.2 Å². The Kier molecular flexibility index (Phi) is 5.51. The number of nitrogens with zero attached hydrogens (tertiary/aromatic N) is 1. The van der Waals surface area contributed by atoms with Gasteiger partial charge >= 0.3 is 6.03 Å². The van der Waals surface area contributed by atoms with Gasteiger partial charge in [0.2, 0.25) is 0 Å². The van der Waals surface area contributed by atoms with Crippen molar-refractivity contribution in [1.82, 2.24) is 10.2 Å². The molecule has 0 spiro atoms. The van der Waals surface area contributed by atoms with Crippen LogP contribution in [0.5, 0.6) is 11.5 Å². The van der Waals surface area contributed by atoms with Crippen LogP contribution in [0.3, 0.4) is 0 Å². The first-order valence-corrected chi connectivity index (χ1v) is 9.04. The van der Waals surface area contributed by atoms with E-state index in [1.165, 1.54) is 12.0 Å². The topological polar surface area (TPSA) is 67.9 Å². The number of rotatable bonds is 5. The van der Waals surface area contributed by atoms with Crippen LogP contribution in [0.2, 0.25) is 0 Å². The number of benzene rings is 2. The number of ether oxygens (including phenoxy) is 2. The summed E-state index contributed by atoms with van der Waals surface area (Å²) < 4.78 is 11.3. The molecule has 0 bridgehead atoms. The van der Waals surface area contributed by atoms with Crippen LogP contribution in [-0.4, -0.2) is 31.1 Å². The third-order valence-corrected chi connectivity index (χ3v) is 4.85. The summed E-state index contributed by atoms with van der Waals surface area (Å²) in [5, 5.41) is 2.63. The highest BCUT2D eigenvalue weighted by Crippen LogP contribution is 2.34. The summed E-state index contributed by atoms with van der Waals surface area (Å²) in [6.07, 6.45) is 1.60. The average Bonchev–Trinajstić information content (AvgIpc) is 2.91. The van der Waals surface area contributed by atoms with Gasteiger partial charge in [-0.15, -0.1) is 0 Å². The molecule has 0 aliphatic carbocycles. The molecule has 1 saturated heterocycles. The van der Waals surface area contributed by atoms with E-state index in [0.29, 0.717) is 21.5 Å². The van der Waals surface area contributed by atoms with Gasteiger partial charge in [-0.3, -0.25) is 9.69 Å². The quantitative estimate of drug-likeness (QED) is 0.577. The molecule has 2 aromatic carbocycles. The fourth-order valence-corrected chi connectivity index (χ4v) is 3.27. The van der Waals surface area contributed by atoms with E-state index >= 15 is 0 Å². The van der Waals surface area contributed by atoms with Gasteiger partial charge in [0.05, 0.1) is 25.2 Å². The summed E-state index contributed by atoms with van der Waals surface area (Å²) in [5.41, 5.74) is 2.84. The third-order valence-electron chi connectivity index (χ3n) is 4.23. The van der Waals surface area contributed by atoms with Gasteiger partial charge in [0, 0.05) is 11.6 Å². The number of halogens is 1. The smallest absolute Gasteiger partial charge is 0.329 e. The van der Waals surface area contributed by atoms with Crippen LogP contribution >= 0.6 is 15.9 Å². The molecule has 6 nitrogen and oxygen atoms in total. The van der Waals surface area contributed by atoms with E-state index in [2.05, 4.69) is 21.2 Å². The summed E-state index contributed by atoms with van der Waals surface area (Å²) in [7, 11) is 3.09. The van der Waals surface area contributed by atoms with E-state index in [9.17, 15) is 9.59 Å². The number of amides is 3. The Hall–Kier alpha value is -2.80. The zero-order chi connectivity index (χ0) is 19.6. The summed E-state index contributed by atoms with van der Waals surface area (Å²) in [5.74, 6) is 0.757. The molecular weight excluding hydrogens is 412 g/mol. The molecule has 27 heavy (non-hydrogen) atoms. The molecule has 0 unspecified atom stereocenters. The van der Waals surface area contributed by atoms with Gasteiger partial charge in [0.15, 0.2) is 0 Å². The standard InChI is InChI=1S/C20H19BrN2O4/c1-12-4-6-13(7-5-12)11-23-19(24)16(22-20(23)25)9-14-8-15(21)18(27-3)10-17(14)26-2/h4-10H,11H2,1-3H3,(H,22,25)/b16-9+. The van der Waals surface area contributed by atoms with E-state index in [1.807, 2.05) is 31.2 Å². The molecule has 1 fully saturated rings. The summed E-state index contributed by atoms with van der Waals surface area (Å²) in [6.45, 7) is 2.20. The number of hydrogen-bond acceptors (Lipinski definition) is 4. The molecule has 140 valence electrons. The highest BCUT2D eigenvalue weighted by Gasteiger charge is 2.33. The maximum absolute atomic E-state index is 12.7. The Morgan fingerprint density at radius 2 is 1.74 bits per heavy atom. The third kappa shape index (κ3) is 3.98. The minimum absolute atomic E-state index is 0.197. The molecule has 0 radical (unpaired) electrons. The molecule has 1 aliphatic heterocycles. The van der Waals surface area contributed by atoms with Crippen LogP contribution in [0.15, 0.2) is 46.6 Å². The maximum Gasteiger partial charge on any atom is 0.329 e. The Morgan fingerprint density at radius 1 is 1.07 bits per heavy atom. The normalized spacial score (nSPS) is 15.3. The molecule has 1 N–H and O–H groups in total. The van der Waals surface area contributed by atoms with Crippen LogP contribution < -0.4 is 14.8 Å².